The fraction of sp³-hybridized carbons (Fsp3) is 0.556. The molecule has 0 radical (unpaired) electrons. The van der Waals surface area contributed by atoms with E-state index in [1.165, 1.54) is 94.2 Å². The first-order valence-corrected chi connectivity index (χ1v) is 24.3. The molecule has 16 rings (SSSR count). The predicted molar refractivity (Wildman–Crippen MR) is 239 cm³/mol. The zero-order chi connectivity index (χ0) is 42.6. The second-order valence-corrected chi connectivity index (χ2v) is 23.1. The molecule has 0 aliphatic heterocycles. The van der Waals surface area contributed by atoms with Gasteiger partial charge < -0.3 is 31.4 Å². The molecule has 12 aliphatic carbocycles. The summed E-state index contributed by atoms with van der Waals surface area (Å²) in [5, 5.41) is 0. The van der Waals surface area contributed by atoms with Crippen LogP contribution in [-0.4, -0.2) is 0 Å². The monoisotopic (exact) mass is 855 g/mol. The van der Waals surface area contributed by atoms with Gasteiger partial charge in [0, 0.05) is 51.1 Å². The lowest BCUT2D eigenvalue weighted by molar-refractivity contribution is -0.0152. The van der Waals surface area contributed by atoms with Crippen LogP contribution in [0.25, 0.3) is 0 Å². The van der Waals surface area contributed by atoms with E-state index in [2.05, 4.69) is 0 Å². The van der Waals surface area contributed by atoms with Crippen molar-refractivity contribution in [3.05, 3.63) is 88.7 Å². The summed E-state index contributed by atoms with van der Waals surface area (Å²) in [6, 6.07) is 13.1. The number of hydrogen-bond acceptors (Lipinski definition) is 6. The predicted octanol–water partition coefficient (Wildman–Crippen LogP) is 13.6. The van der Waals surface area contributed by atoms with Gasteiger partial charge in [0.2, 0.25) is 0 Å². The lowest BCUT2D eigenvalue weighted by atomic mass is 9.44. The maximum absolute atomic E-state index is 15.6. The summed E-state index contributed by atoms with van der Waals surface area (Å²) in [7, 11) is 0. The van der Waals surface area contributed by atoms with E-state index in [4.69, 9.17) is 31.4 Å². The Morgan fingerprint density at radius 2 is 0.556 bits per heavy atom. The largest absolute Gasteiger partial charge is 0.454 e. The average Bonchev–Trinajstić information content (AvgIpc) is 3.20. The topological polar surface area (TPSA) is 106 Å². The Morgan fingerprint density at radius 3 is 0.762 bits per heavy atom. The second kappa shape index (κ2) is 13.7. The van der Waals surface area contributed by atoms with Crippen molar-refractivity contribution in [1.82, 2.24) is 0 Å². The smallest absolute Gasteiger partial charge is 0.153 e. The van der Waals surface area contributed by atoms with Gasteiger partial charge in [0.05, 0.1) is 17.1 Å². The third kappa shape index (κ3) is 6.16. The molecule has 12 aliphatic rings. The van der Waals surface area contributed by atoms with Crippen molar-refractivity contribution in [2.24, 2.45) is 53.3 Å². The Hall–Kier alpha value is -4.53. The number of nitrogens with two attached hydrogens (primary N) is 3. The summed E-state index contributed by atoms with van der Waals surface area (Å²) in [5.74, 6) is 6.43. The van der Waals surface area contributed by atoms with E-state index in [0.29, 0.717) is 87.6 Å². The molecule has 0 unspecified atom stereocenters. The number of hydrogen-bond donors (Lipinski definition) is 3. The third-order valence-corrected chi connectivity index (χ3v) is 18.6. The number of benzene rings is 4. The van der Waals surface area contributed by atoms with Crippen molar-refractivity contribution < 1.29 is 27.4 Å². The van der Waals surface area contributed by atoms with Gasteiger partial charge in [-0.25, -0.2) is 13.2 Å². The van der Waals surface area contributed by atoms with E-state index in [1.807, 2.05) is 0 Å². The summed E-state index contributed by atoms with van der Waals surface area (Å²) in [4.78, 5) is 0. The molecular weight excluding hydrogens is 796 g/mol. The van der Waals surface area contributed by atoms with Gasteiger partial charge in [-0.1, -0.05) is 0 Å². The van der Waals surface area contributed by atoms with Crippen LogP contribution in [0.15, 0.2) is 54.6 Å². The normalized spacial score (nSPS) is 37.5. The van der Waals surface area contributed by atoms with Gasteiger partial charge in [0.1, 0.15) is 34.7 Å². The minimum atomic E-state index is -0.440. The van der Waals surface area contributed by atoms with Gasteiger partial charge in [-0.05, 0) is 205 Å². The zero-order valence-corrected chi connectivity index (χ0v) is 36.2. The van der Waals surface area contributed by atoms with Gasteiger partial charge in [0.25, 0.3) is 0 Å². The molecule has 12 bridgehead atoms. The number of rotatable bonds is 9. The molecule has 0 aromatic heterocycles. The molecule has 12 saturated carbocycles. The fourth-order valence-corrected chi connectivity index (χ4v) is 17.8. The summed E-state index contributed by atoms with van der Waals surface area (Å²) >= 11 is 0. The van der Waals surface area contributed by atoms with E-state index in [9.17, 15) is 0 Å². The highest BCUT2D eigenvalue weighted by atomic mass is 19.1. The maximum atomic E-state index is 15.6. The van der Waals surface area contributed by atoms with Gasteiger partial charge in [-0.2, -0.15) is 0 Å². The van der Waals surface area contributed by atoms with Gasteiger partial charge >= 0.3 is 0 Å². The van der Waals surface area contributed by atoms with Crippen LogP contribution >= 0.6 is 0 Å². The summed E-state index contributed by atoms with van der Waals surface area (Å²) in [6.45, 7) is 0. The first-order chi connectivity index (χ1) is 30.4. The SMILES string of the molecule is Nc1ccc(F)cc1Oc1c(C23CC4CC(CC(C4)C2)C3)c(Oc2cc(F)ccc2N)c(C23CC4CC(CC(C4)C2)C3)c(Oc2cc(F)ccc2N)c1C12CC3CC(CC(C3)C1)C2. The molecule has 330 valence electrons. The Balaban J connectivity index is 1.20. The summed E-state index contributed by atoms with van der Waals surface area (Å²) in [5.41, 5.74) is 23.5. The highest BCUT2D eigenvalue weighted by Gasteiger charge is 2.62. The molecular formula is C54H60F3N3O3. The maximum Gasteiger partial charge on any atom is 0.153 e. The quantitative estimate of drug-likeness (QED) is 0.145. The molecule has 0 spiro atoms. The molecule has 0 atom stereocenters. The number of halogens is 3. The highest BCUT2D eigenvalue weighted by molar-refractivity contribution is 5.74. The Bertz CT molecular complexity index is 2150. The minimum Gasteiger partial charge on any atom is -0.454 e. The van der Waals surface area contributed by atoms with E-state index < -0.39 is 17.5 Å². The minimum absolute atomic E-state index is 0.252. The van der Waals surface area contributed by atoms with Crippen LogP contribution in [-0.2, 0) is 16.2 Å². The van der Waals surface area contributed by atoms with E-state index >= 15 is 13.2 Å². The van der Waals surface area contributed by atoms with Crippen LogP contribution in [0.5, 0.6) is 34.5 Å². The molecule has 6 N–H and O–H groups in total. The highest BCUT2D eigenvalue weighted by Crippen LogP contribution is 2.73. The number of ether oxygens (including phenoxy) is 3. The van der Waals surface area contributed by atoms with Crippen LogP contribution in [0.4, 0.5) is 30.2 Å². The number of anilines is 3. The van der Waals surface area contributed by atoms with Crippen molar-refractivity contribution >= 4 is 17.1 Å². The summed E-state index contributed by atoms with van der Waals surface area (Å²) in [6.07, 6.45) is 19.9. The van der Waals surface area contributed by atoms with Gasteiger partial charge in [0.15, 0.2) is 17.2 Å². The Labute approximate surface area is 368 Å². The van der Waals surface area contributed by atoms with E-state index in [1.54, 1.807) is 18.2 Å². The molecule has 12 fully saturated rings. The average molecular weight is 856 g/mol. The van der Waals surface area contributed by atoms with Crippen molar-refractivity contribution in [3.63, 3.8) is 0 Å². The van der Waals surface area contributed by atoms with Crippen LogP contribution in [0.2, 0.25) is 0 Å². The molecule has 0 amide bonds. The van der Waals surface area contributed by atoms with Crippen LogP contribution in [0.3, 0.4) is 0 Å². The lowest BCUT2D eigenvalue weighted by Crippen LogP contribution is -2.52. The van der Waals surface area contributed by atoms with Crippen molar-refractivity contribution in [1.29, 1.82) is 0 Å². The molecule has 0 heterocycles. The molecule has 9 heteroatoms. The molecule has 4 aromatic rings. The van der Waals surface area contributed by atoms with Crippen molar-refractivity contribution in [3.8, 4) is 34.5 Å². The fourth-order valence-electron chi connectivity index (χ4n) is 17.8. The second-order valence-electron chi connectivity index (χ2n) is 23.1. The van der Waals surface area contributed by atoms with E-state index in [-0.39, 0.29) is 33.5 Å². The van der Waals surface area contributed by atoms with Crippen LogP contribution < -0.4 is 31.4 Å². The van der Waals surface area contributed by atoms with Gasteiger partial charge in [-0.3, -0.25) is 0 Å². The summed E-state index contributed by atoms with van der Waals surface area (Å²) < 4.78 is 69.3. The first-order valence-electron chi connectivity index (χ1n) is 24.3. The molecule has 63 heavy (non-hydrogen) atoms. The van der Waals surface area contributed by atoms with Crippen molar-refractivity contribution in [2.45, 2.75) is 132 Å². The Morgan fingerprint density at radius 1 is 0.349 bits per heavy atom. The number of nitrogen functional groups attached to an aromatic ring is 3. The standard InChI is InChI=1S/C54H60F3N3O3/c55-37-1-4-40(58)43(16-37)61-49-46(52-19-28-7-29(20-52)9-30(8-28)21-52)50(62-44-17-38(56)2-5-41(44)59)48(54-25-34-13-35(26-54)15-36(14-34)27-54)51(63-45-18-39(57)3-6-42(45)60)47(49)53-22-31-10-32(23-53)12-33(11-31)24-53/h1-6,16-18,28-36H,7-15,19-27,58-60H2. The molecule has 6 nitrogen and oxygen atoms in total. The van der Waals surface area contributed by atoms with Gasteiger partial charge in [-0.15, -0.1) is 0 Å². The molecule has 4 aromatic carbocycles. The van der Waals surface area contributed by atoms with Crippen molar-refractivity contribution in [2.75, 3.05) is 17.2 Å². The third-order valence-electron chi connectivity index (χ3n) is 18.6. The van der Waals surface area contributed by atoms with Crippen LogP contribution in [0, 0.1) is 70.7 Å². The van der Waals surface area contributed by atoms with Crippen LogP contribution in [0.1, 0.15) is 132 Å². The van der Waals surface area contributed by atoms with E-state index in [0.717, 1.165) is 74.5 Å². The first kappa shape index (κ1) is 38.9. The molecule has 0 saturated heterocycles. The lowest BCUT2D eigenvalue weighted by Gasteiger charge is -2.61. The zero-order valence-electron chi connectivity index (χ0n) is 36.2. The Kier molecular flexibility index (Phi) is 8.48.